The van der Waals surface area contributed by atoms with E-state index < -0.39 is 0 Å². The summed E-state index contributed by atoms with van der Waals surface area (Å²) in [5.41, 5.74) is 6.89. The number of nitrogen functional groups attached to an aromatic ring is 1. The Balaban J connectivity index is 2.12. The molecule has 2 aromatic rings. The largest absolute Gasteiger partial charge is 0.374 e. The van der Waals surface area contributed by atoms with E-state index in [9.17, 15) is 0 Å². The first kappa shape index (κ1) is 11.4. The van der Waals surface area contributed by atoms with Crippen LogP contribution >= 0.6 is 23.1 Å². The predicted octanol–water partition coefficient (Wildman–Crippen LogP) is 3.36. The highest BCUT2D eigenvalue weighted by atomic mass is 32.2. The van der Waals surface area contributed by atoms with Crippen molar-refractivity contribution in [3.8, 4) is 0 Å². The van der Waals surface area contributed by atoms with Gasteiger partial charge in [0, 0.05) is 5.25 Å². The first-order chi connectivity index (χ1) is 7.79. The van der Waals surface area contributed by atoms with Gasteiger partial charge in [0.2, 0.25) is 5.13 Å². The summed E-state index contributed by atoms with van der Waals surface area (Å²) < 4.78 is 0.938. The molecule has 5 heteroatoms. The summed E-state index contributed by atoms with van der Waals surface area (Å²) in [6.07, 6.45) is 1.06. The topological polar surface area (TPSA) is 51.8 Å². The minimum atomic E-state index is 0.425. The lowest BCUT2D eigenvalue weighted by Crippen LogP contribution is -1.91. The number of benzene rings is 1. The highest BCUT2D eigenvalue weighted by Gasteiger charge is 2.13. The van der Waals surface area contributed by atoms with Crippen molar-refractivity contribution in [3.05, 3.63) is 35.9 Å². The molecule has 0 aliphatic rings. The fraction of sp³-hybridized carbons (Fsp3) is 0.273. The first-order valence-electron chi connectivity index (χ1n) is 5.10. The summed E-state index contributed by atoms with van der Waals surface area (Å²) in [5.74, 6) is 0. The van der Waals surface area contributed by atoms with Crippen LogP contribution in [0.25, 0.3) is 0 Å². The molecule has 0 amide bonds. The van der Waals surface area contributed by atoms with Crippen LogP contribution in [0.1, 0.15) is 24.2 Å². The zero-order chi connectivity index (χ0) is 11.4. The second-order valence-electron chi connectivity index (χ2n) is 3.33. The molecule has 0 spiro atoms. The van der Waals surface area contributed by atoms with Gasteiger partial charge in [-0.15, -0.1) is 10.2 Å². The average molecular weight is 251 g/mol. The van der Waals surface area contributed by atoms with Gasteiger partial charge >= 0.3 is 0 Å². The first-order valence-corrected chi connectivity index (χ1v) is 6.79. The number of nitrogens with two attached hydrogens (primary N) is 1. The minimum absolute atomic E-state index is 0.425. The van der Waals surface area contributed by atoms with Gasteiger partial charge in [0.25, 0.3) is 0 Å². The Morgan fingerprint density at radius 1 is 1.31 bits per heavy atom. The third-order valence-corrected chi connectivity index (χ3v) is 4.47. The highest BCUT2D eigenvalue weighted by molar-refractivity contribution is 8.01. The molecule has 0 aliphatic heterocycles. The van der Waals surface area contributed by atoms with E-state index >= 15 is 0 Å². The molecule has 1 aromatic carbocycles. The summed E-state index contributed by atoms with van der Waals surface area (Å²) in [6, 6.07) is 10.4. The van der Waals surface area contributed by atoms with Gasteiger partial charge in [-0.1, -0.05) is 60.4 Å². The molecule has 0 fully saturated rings. The fourth-order valence-corrected chi connectivity index (χ4v) is 3.37. The molecule has 0 bridgehead atoms. The number of rotatable bonds is 4. The summed E-state index contributed by atoms with van der Waals surface area (Å²) in [5, 5.41) is 8.82. The van der Waals surface area contributed by atoms with Crippen molar-refractivity contribution in [1.82, 2.24) is 10.2 Å². The molecule has 2 N–H and O–H groups in total. The normalized spacial score (nSPS) is 12.6. The lowest BCUT2D eigenvalue weighted by Gasteiger charge is -2.12. The van der Waals surface area contributed by atoms with Crippen molar-refractivity contribution < 1.29 is 0 Å². The third-order valence-electron chi connectivity index (χ3n) is 2.21. The summed E-state index contributed by atoms with van der Waals surface area (Å²) >= 11 is 3.17. The summed E-state index contributed by atoms with van der Waals surface area (Å²) in [7, 11) is 0. The van der Waals surface area contributed by atoms with Gasteiger partial charge in [-0.3, -0.25) is 0 Å². The van der Waals surface area contributed by atoms with Gasteiger partial charge in [0.15, 0.2) is 4.34 Å². The molecule has 0 saturated carbocycles. The highest BCUT2D eigenvalue weighted by Crippen LogP contribution is 2.38. The van der Waals surface area contributed by atoms with Crippen LogP contribution in [0.3, 0.4) is 0 Å². The SMILES string of the molecule is CCC(Sc1nnc(N)s1)c1ccccc1. The fourth-order valence-electron chi connectivity index (χ4n) is 1.44. The number of hydrogen-bond acceptors (Lipinski definition) is 5. The van der Waals surface area contributed by atoms with Crippen LogP contribution in [-0.4, -0.2) is 10.2 Å². The van der Waals surface area contributed by atoms with E-state index in [0.29, 0.717) is 10.4 Å². The van der Waals surface area contributed by atoms with E-state index in [4.69, 9.17) is 5.73 Å². The van der Waals surface area contributed by atoms with Crippen molar-refractivity contribution in [2.75, 3.05) is 5.73 Å². The zero-order valence-electron chi connectivity index (χ0n) is 8.96. The van der Waals surface area contributed by atoms with Crippen molar-refractivity contribution in [2.24, 2.45) is 0 Å². The molecule has 1 aromatic heterocycles. The molecule has 16 heavy (non-hydrogen) atoms. The molecule has 0 saturated heterocycles. The predicted molar refractivity (Wildman–Crippen MR) is 69.7 cm³/mol. The monoisotopic (exact) mass is 251 g/mol. The van der Waals surface area contributed by atoms with E-state index in [1.165, 1.54) is 16.9 Å². The van der Waals surface area contributed by atoms with Crippen LogP contribution < -0.4 is 5.73 Å². The van der Waals surface area contributed by atoms with Gasteiger partial charge in [-0.05, 0) is 12.0 Å². The summed E-state index contributed by atoms with van der Waals surface area (Å²) in [6.45, 7) is 2.18. The van der Waals surface area contributed by atoms with Gasteiger partial charge in [0.1, 0.15) is 0 Å². The molecule has 0 radical (unpaired) electrons. The minimum Gasteiger partial charge on any atom is -0.374 e. The molecular weight excluding hydrogens is 238 g/mol. The van der Waals surface area contributed by atoms with E-state index in [2.05, 4.69) is 41.4 Å². The Morgan fingerprint density at radius 3 is 2.62 bits per heavy atom. The lowest BCUT2D eigenvalue weighted by atomic mass is 10.1. The van der Waals surface area contributed by atoms with Crippen LogP contribution in [0, 0.1) is 0 Å². The molecule has 1 unspecified atom stereocenters. The molecule has 1 atom stereocenters. The number of thioether (sulfide) groups is 1. The second-order valence-corrected chi connectivity index (χ2v) is 5.79. The van der Waals surface area contributed by atoms with E-state index in [-0.39, 0.29) is 0 Å². The lowest BCUT2D eigenvalue weighted by molar-refractivity contribution is 0.889. The number of nitrogens with zero attached hydrogens (tertiary/aromatic N) is 2. The number of anilines is 1. The molecule has 0 aliphatic carbocycles. The van der Waals surface area contributed by atoms with Gasteiger partial charge in [-0.25, -0.2) is 0 Å². The Labute approximate surface area is 103 Å². The van der Waals surface area contributed by atoms with Crippen LogP contribution in [0.5, 0.6) is 0 Å². The van der Waals surface area contributed by atoms with E-state index in [1.54, 1.807) is 11.8 Å². The quantitative estimate of drug-likeness (QED) is 0.846. The van der Waals surface area contributed by atoms with Crippen molar-refractivity contribution in [2.45, 2.75) is 22.9 Å². The van der Waals surface area contributed by atoms with Crippen LogP contribution in [0.4, 0.5) is 5.13 Å². The Bertz CT molecular complexity index is 442. The maximum absolute atomic E-state index is 5.57. The smallest absolute Gasteiger partial charge is 0.203 e. The van der Waals surface area contributed by atoms with Crippen molar-refractivity contribution in [3.63, 3.8) is 0 Å². The average Bonchev–Trinajstić information content (AvgIpc) is 2.73. The Morgan fingerprint density at radius 2 is 2.06 bits per heavy atom. The van der Waals surface area contributed by atoms with Crippen LogP contribution in [0.2, 0.25) is 0 Å². The van der Waals surface area contributed by atoms with Gasteiger partial charge < -0.3 is 5.73 Å². The second kappa shape index (κ2) is 5.32. The number of aromatic nitrogens is 2. The third kappa shape index (κ3) is 2.74. The Kier molecular flexibility index (Phi) is 3.79. The maximum Gasteiger partial charge on any atom is 0.203 e. The molecule has 1 heterocycles. The van der Waals surface area contributed by atoms with Crippen molar-refractivity contribution >= 4 is 28.2 Å². The van der Waals surface area contributed by atoms with Gasteiger partial charge in [-0.2, -0.15) is 0 Å². The maximum atomic E-state index is 5.57. The van der Waals surface area contributed by atoms with Crippen molar-refractivity contribution in [1.29, 1.82) is 0 Å². The number of hydrogen-bond donors (Lipinski definition) is 1. The van der Waals surface area contributed by atoms with Crippen LogP contribution in [0.15, 0.2) is 34.7 Å². The van der Waals surface area contributed by atoms with Crippen LogP contribution in [-0.2, 0) is 0 Å². The van der Waals surface area contributed by atoms with E-state index in [1.807, 2.05) is 6.07 Å². The molecule has 84 valence electrons. The molecule has 2 rings (SSSR count). The zero-order valence-corrected chi connectivity index (χ0v) is 10.6. The van der Waals surface area contributed by atoms with Gasteiger partial charge in [0.05, 0.1) is 0 Å². The van der Waals surface area contributed by atoms with E-state index in [0.717, 1.165) is 10.8 Å². The standard InChI is InChI=1S/C11H13N3S2/c1-2-9(8-6-4-3-5-7-8)15-11-14-13-10(12)16-11/h3-7,9H,2H2,1H3,(H2,12,13). The molecule has 3 nitrogen and oxygen atoms in total. The Hall–Kier alpha value is -1.07. The molecular formula is C11H13N3S2. The summed E-state index contributed by atoms with van der Waals surface area (Å²) in [4.78, 5) is 0.